The number of ether oxygens (including phenoxy) is 1. The Morgan fingerprint density at radius 3 is 2.66 bits per heavy atom. The number of rotatable bonds is 5. The van der Waals surface area contributed by atoms with E-state index in [0.29, 0.717) is 36.1 Å². The van der Waals surface area contributed by atoms with Crippen LogP contribution >= 0.6 is 0 Å². The van der Waals surface area contributed by atoms with Crippen molar-refractivity contribution in [2.45, 2.75) is 26.2 Å². The first-order valence-corrected chi connectivity index (χ1v) is 11.6. The molecular weight excluding hydrogens is 440 g/mol. The topological polar surface area (TPSA) is 99.2 Å². The molecule has 1 saturated heterocycles. The van der Waals surface area contributed by atoms with Crippen molar-refractivity contribution in [2.24, 2.45) is 7.05 Å². The molecule has 1 amide bonds. The number of pyridine rings is 1. The Morgan fingerprint density at radius 2 is 1.94 bits per heavy atom. The van der Waals surface area contributed by atoms with Gasteiger partial charge in [-0.05, 0) is 44.0 Å². The molecule has 5 rings (SSSR count). The molecule has 0 spiro atoms. The number of likely N-dealkylation sites (tertiary alicyclic amines) is 1. The number of hydrogen-bond acceptors (Lipinski definition) is 6. The molecule has 1 aliphatic heterocycles. The van der Waals surface area contributed by atoms with Crippen molar-refractivity contribution in [2.75, 3.05) is 18.8 Å². The normalized spacial score (nSPS) is 15.5. The predicted molar refractivity (Wildman–Crippen MR) is 136 cm³/mol. The highest BCUT2D eigenvalue weighted by atomic mass is 16.5. The van der Waals surface area contributed by atoms with Gasteiger partial charge in [0.05, 0.1) is 5.39 Å². The fourth-order valence-corrected chi connectivity index (χ4v) is 4.89. The number of fused-ring (bicyclic) bond motifs is 1. The minimum absolute atomic E-state index is 0.00150. The Kier molecular flexibility index (Phi) is 5.72. The van der Waals surface area contributed by atoms with Crippen LogP contribution < -0.4 is 10.5 Å². The summed E-state index contributed by atoms with van der Waals surface area (Å²) in [6.07, 6.45) is 2.34. The molecule has 0 saturated carbocycles. The number of carbonyl (C=O) groups excluding carboxylic acids is 1. The number of nitrogens with zero attached hydrogens (tertiary/aromatic N) is 5. The maximum absolute atomic E-state index is 12.6. The van der Waals surface area contributed by atoms with E-state index in [9.17, 15) is 4.79 Å². The lowest BCUT2D eigenvalue weighted by Crippen LogP contribution is -2.28. The van der Waals surface area contributed by atoms with Crippen LogP contribution in [0.2, 0.25) is 0 Å². The SMILES string of the molecule is C=C(C)C(=O)N1CCC(c2c(-c3ccc(Oc4cccc(C)n4)cc3)c3c(N)ncnc3n2C)C1. The average Bonchev–Trinajstić information content (AvgIpc) is 3.43. The van der Waals surface area contributed by atoms with Crippen LogP contribution in [0, 0.1) is 6.92 Å². The standard InChI is InChI=1S/C27H28N6O2/c1-16(2)27(34)33-13-12-19(14-33)24-22(23-25(28)29-15-30-26(23)32(24)4)18-8-10-20(11-9-18)35-21-7-5-6-17(3)31-21/h5-11,15,19H,1,12-14H2,2-4H3,(H2,28,29,30). The van der Waals surface area contributed by atoms with Crippen molar-refractivity contribution >= 4 is 22.8 Å². The van der Waals surface area contributed by atoms with Gasteiger partial charge in [0.25, 0.3) is 0 Å². The first kappa shape index (κ1) is 22.6. The van der Waals surface area contributed by atoms with E-state index in [0.717, 1.165) is 40.0 Å². The number of benzene rings is 1. The van der Waals surface area contributed by atoms with Crippen LogP contribution in [-0.4, -0.2) is 43.4 Å². The van der Waals surface area contributed by atoms with Crippen LogP contribution in [0.1, 0.15) is 30.7 Å². The third kappa shape index (κ3) is 4.12. The predicted octanol–water partition coefficient (Wildman–Crippen LogP) is 4.61. The molecule has 4 heterocycles. The van der Waals surface area contributed by atoms with Crippen LogP contribution in [0.15, 0.2) is 60.9 Å². The number of amides is 1. The first-order valence-electron chi connectivity index (χ1n) is 11.6. The van der Waals surface area contributed by atoms with E-state index in [4.69, 9.17) is 10.5 Å². The van der Waals surface area contributed by atoms with Crippen LogP contribution in [0.5, 0.6) is 11.6 Å². The molecule has 0 bridgehead atoms. The number of aryl methyl sites for hydroxylation is 2. The van der Waals surface area contributed by atoms with Gasteiger partial charge in [0.2, 0.25) is 11.8 Å². The van der Waals surface area contributed by atoms with Crippen molar-refractivity contribution < 1.29 is 9.53 Å². The molecule has 0 aliphatic carbocycles. The average molecular weight is 469 g/mol. The quantitative estimate of drug-likeness (QED) is 0.430. The molecule has 178 valence electrons. The molecule has 1 unspecified atom stereocenters. The molecule has 0 radical (unpaired) electrons. The molecule has 1 aliphatic rings. The Hall–Kier alpha value is -4.20. The Labute approximate surface area is 204 Å². The molecule has 8 heteroatoms. The van der Waals surface area contributed by atoms with Crippen molar-refractivity contribution in [3.05, 3.63) is 72.3 Å². The molecule has 35 heavy (non-hydrogen) atoms. The van der Waals surface area contributed by atoms with Crippen LogP contribution in [0.4, 0.5) is 5.82 Å². The molecule has 4 aromatic rings. The summed E-state index contributed by atoms with van der Waals surface area (Å²) in [4.78, 5) is 27.6. The molecule has 3 aromatic heterocycles. The van der Waals surface area contributed by atoms with E-state index in [1.165, 1.54) is 6.33 Å². The highest BCUT2D eigenvalue weighted by Crippen LogP contribution is 2.42. The second-order valence-corrected chi connectivity index (χ2v) is 9.04. The smallest absolute Gasteiger partial charge is 0.248 e. The lowest BCUT2D eigenvalue weighted by molar-refractivity contribution is -0.126. The van der Waals surface area contributed by atoms with Gasteiger partial charge in [-0.15, -0.1) is 0 Å². The molecule has 8 nitrogen and oxygen atoms in total. The second-order valence-electron chi connectivity index (χ2n) is 9.04. The van der Waals surface area contributed by atoms with Crippen molar-refractivity contribution in [1.29, 1.82) is 0 Å². The monoisotopic (exact) mass is 468 g/mol. The Balaban J connectivity index is 1.56. The van der Waals surface area contributed by atoms with Crippen molar-refractivity contribution in [1.82, 2.24) is 24.4 Å². The number of anilines is 1. The fourth-order valence-electron chi connectivity index (χ4n) is 4.89. The minimum Gasteiger partial charge on any atom is -0.439 e. The highest BCUT2D eigenvalue weighted by Gasteiger charge is 2.33. The third-order valence-corrected chi connectivity index (χ3v) is 6.50. The van der Waals surface area contributed by atoms with E-state index in [2.05, 4.69) is 26.1 Å². The molecular formula is C27H28N6O2. The summed E-state index contributed by atoms with van der Waals surface area (Å²) < 4.78 is 8.03. The van der Waals surface area contributed by atoms with Gasteiger partial charge in [-0.3, -0.25) is 4.79 Å². The summed E-state index contributed by atoms with van der Waals surface area (Å²) in [5, 5.41) is 0.823. The number of nitrogens with two attached hydrogens (primary N) is 1. The van der Waals surface area contributed by atoms with Gasteiger partial charge in [-0.25, -0.2) is 15.0 Å². The third-order valence-electron chi connectivity index (χ3n) is 6.50. The maximum atomic E-state index is 12.6. The zero-order valence-electron chi connectivity index (χ0n) is 20.2. The van der Waals surface area contributed by atoms with Crippen LogP contribution in [0.3, 0.4) is 0 Å². The van der Waals surface area contributed by atoms with E-state index >= 15 is 0 Å². The van der Waals surface area contributed by atoms with Crippen LogP contribution in [0.25, 0.3) is 22.2 Å². The first-order chi connectivity index (χ1) is 16.8. The number of hydrogen-bond donors (Lipinski definition) is 1. The van der Waals surface area contributed by atoms with Gasteiger partial charge < -0.3 is 19.9 Å². The lowest BCUT2D eigenvalue weighted by atomic mass is 9.94. The number of aromatic nitrogens is 4. The zero-order chi connectivity index (χ0) is 24.7. The fraction of sp³-hybridized carbons (Fsp3) is 0.259. The van der Waals surface area contributed by atoms with E-state index in [1.54, 1.807) is 6.92 Å². The summed E-state index contributed by atoms with van der Waals surface area (Å²) >= 11 is 0. The molecule has 1 aromatic carbocycles. The second kappa shape index (κ2) is 8.87. The summed E-state index contributed by atoms with van der Waals surface area (Å²) in [5.41, 5.74) is 11.7. The van der Waals surface area contributed by atoms with E-state index in [-0.39, 0.29) is 11.8 Å². The van der Waals surface area contributed by atoms with Gasteiger partial charge in [-0.2, -0.15) is 0 Å². The zero-order valence-corrected chi connectivity index (χ0v) is 20.2. The lowest BCUT2D eigenvalue weighted by Gasteiger charge is -2.18. The number of carbonyl (C=O) groups is 1. The summed E-state index contributed by atoms with van der Waals surface area (Å²) in [7, 11) is 2.00. The Morgan fingerprint density at radius 1 is 1.17 bits per heavy atom. The molecule has 2 N–H and O–H groups in total. The summed E-state index contributed by atoms with van der Waals surface area (Å²) in [5.74, 6) is 1.81. The minimum atomic E-state index is -0.00150. The van der Waals surface area contributed by atoms with Gasteiger partial charge in [0.15, 0.2) is 0 Å². The summed E-state index contributed by atoms with van der Waals surface area (Å²) in [6, 6.07) is 13.6. The van der Waals surface area contributed by atoms with Gasteiger partial charge in [0, 0.05) is 54.6 Å². The molecule has 1 atom stereocenters. The van der Waals surface area contributed by atoms with E-state index in [1.807, 2.05) is 61.3 Å². The highest BCUT2D eigenvalue weighted by molar-refractivity contribution is 6.02. The summed E-state index contributed by atoms with van der Waals surface area (Å²) in [6.45, 7) is 8.82. The molecule has 1 fully saturated rings. The van der Waals surface area contributed by atoms with Crippen molar-refractivity contribution in [3.8, 4) is 22.8 Å². The van der Waals surface area contributed by atoms with Gasteiger partial charge in [-0.1, -0.05) is 24.8 Å². The maximum Gasteiger partial charge on any atom is 0.248 e. The number of nitrogen functional groups attached to an aromatic ring is 1. The van der Waals surface area contributed by atoms with Gasteiger partial charge >= 0.3 is 0 Å². The Bertz CT molecular complexity index is 1440. The van der Waals surface area contributed by atoms with E-state index < -0.39 is 0 Å². The van der Waals surface area contributed by atoms with Crippen molar-refractivity contribution in [3.63, 3.8) is 0 Å². The van der Waals surface area contributed by atoms with Crippen LogP contribution in [-0.2, 0) is 11.8 Å². The largest absolute Gasteiger partial charge is 0.439 e. The van der Waals surface area contributed by atoms with Gasteiger partial charge in [0.1, 0.15) is 23.5 Å².